The molecule has 3 heterocycles. The predicted octanol–water partition coefficient (Wildman–Crippen LogP) is 1.23. The van der Waals surface area contributed by atoms with Crippen molar-refractivity contribution in [3.05, 3.63) is 46.0 Å². The Bertz CT molecular complexity index is 789. The summed E-state index contributed by atoms with van der Waals surface area (Å²) >= 11 is 0. The standard InChI is InChI=1S/C16H20N4O2.ClH/c1-10-3-4-19-14(5-10)18-8-13(15(19)21)16(22)20-9-12(7-17)6-11(20)2;/h3-5,8,11-12H,6-7,9,17H2,1-2H3;1H. The van der Waals surface area contributed by atoms with Crippen molar-refractivity contribution in [2.24, 2.45) is 11.7 Å². The Hall–Kier alpha value is -1.92. The second kappa shape index (κ2) is 6.68. The number of nitrogens with two attached hydrogens (primary N) is 1. The first-order valence-corrected chi connectivity index (χ1v) is 7.50. The number of carbonyl (C=O) groups excluding carboxylic acids is 1. The van der Waals surface area contributed by atoms with Gasteiger partial charge < -0.3 is 10.6 Å². The predicted molar refractivity (Wildman–Crippen MR) is 91.1 cm³/mol. The summed E-state index contributed by atoms with van der Waals surface area (Å²) in [4.78, 5) is 31.2. The van der Waals surface area contributed by atoms with Gasteiger partial charge in [-0.1, -0.05) is 0 Å². The first-order chi connectivity index (χ1) is 10.5. The third-order valence-electron chi connectivity index (χ3n) is 4.35. The number of nitrogens with zero attached hydrogens (tertiary/aromatic N) is 3. The zero-order valence-electron chi connectivity index (χ0n) is 13.2. The zero-order chi connectivity index (χ0) is 15.9. The van der Waals surface area contributed by atoms with Gasteiger partial charge >= 0.3 is 0 Å². The lowest BCUT2D eigenvalue weighted by Crippen LogP contribution is -2.38. The van der Waals surface area contributed by atoms with Crippen LogP contribution in [0.3, 0.4) is 0 Å². The molecule has 2 unspecified atom stereocenters. The van der Waals surface area contributed by atoms with Crippen molar-refractivity contribution in [3.63, 3.8) is 0 Å². The van der Waals surface area contributed by atoms with Crippen LogP contribution in [-0.4, -0.2) is 39.3 Å². The molecule has 7 heteroatoms. The van der Waals surface area contributed by atoms with Gasteiger partial charge in [-0.05, 0) is 50.4 Å². The highest BCUT2D eigenvalue weighted by Crippen LogP contribution is 2.23. The van der Waals surface area contributed by atoms with E-state index < -0.39 is 0 Å². The Morgan fingerprint density at radius 2 is 2.22 bits per heavy atom. The van der Waals surface area contributed by atoms with Gasteiger partial charge in [-0.15, -0.1) is 12.4 Å². The third-order valence-corrected chi connectivity index (χ3v) is 4.35. The molecule has 6 nitrogen and oxygen atoms in total. The number of hydrogen-bond donors (Lipinski definition) is 1. The number of carbonyl (C=O) groups is 1. The smallest absolute Gasteiger partial charge is 0.270 e. The summed E-state index contributed by atoms with van der Waals surface area (Å²) in [6, 6.07) is 3.74. The van der Waals surface area contributed by atoms with Crippen molar-refractivity contribution in [2.75, 3.05) is 13.1 Å². The van der Waals surface area contributed by atoms with Crippen LogP contribution in [0.4, 0.5) is 0 Å². The van der Waals surface area contributed by atoms with Gasteiger partial charge in [-0.2, -0.15) is 0 Å². The van der Waals surface area contributed by atoms with E-state index in [1.54, 1.807) is 11.1 Å². The average Bonchev–Trinajstić information content (AvgIpc) is 2.88. The number of hydrogen-bond acceptors (Lipinski definition) is 4. The average molecular weight is 337 g/mol. The highest BCUT2D eigenvalue weighted by atomic mass is 35.5. The molecule has 23 heavy (non-hydrogen) atoms. The number of likely N-dealkylation sites (tertiary alicyclic amines) is 1. The van der Waals surface area contributed by atoms with E-state index in [2.05, 4.69) is 4.98 Å². The van der Waals surface area contributed by atoms with E-state index in [1.807, 2.05) is 26.0 Å². The molecule has 0 saturated carbocycles. The number of amides is 1. The van der Waals surface area contributed by atoms with Crippen LogP contribution in [0.1, 0.15) is 29.3 Å². The van der Waals surface area contributed by atoms with Crippen molar-refractivity contribution in [1.29, 1.82) is 0 Å². The summed E-state index contributed by atoms with van der Waals surface area (Å²) in [5.41, 5.74) is 7.07. The van der Waals surface area contributed by atoms with Crippen LogP contribution in [-0.2, 0) is 0 Å². The Kier molecular flexibility index (Phi) is 5.06. The highest BCUT2D eigenvalue weighted by Gasteiger charge is 2.33. The molecule has 3 rings (SSSR count). The molecule has 0 radical (unpaired) electrons. The molecule has 1 amide bonds. The van der Waals surface area contributed by atoms with Crippen LogP contribution in [0.25, 0.3) is 5.65 Å². The van der Waals surface area contributed by atoms with Crippen molar-refractivity contribution in [3.8, 4) is 0 Å². The van der Waals surface area contributed by atoms with E-state index in [1.165, 1.54) is 10.6 Å². The Morgan fingerprint density at radius 3 is 2.87 bits per heavy atom. The van der Waals surface area contributed by atoms with Crippen LogP contribution < -0.4 is 11.3 Å². The molecule has 2 aromatic rings. The normalized spacial score (nSPS) is 20.6. The summed E-state index contributed by atoms with van der Waals surface area (Å²) in [6.07, 6.45) is 3.93. The van der Waals surface area contributed by atoms with Crippen molar-refractivity contribution < 1.29 is 4.79 Å². The number of rotatable bonds is 2. The lowest BCUT2D eigenvalue weighted by Gasteiger charge is -2.21. The summed E-state index contributed by atoms with van der Waals surface area (Å²) in [6.45, 7) is 5.09. The molecule has 0 aromatic carbocycles. The van der Waals surface area contributed by atoms with Crippen LogP contribution in [0.5, 0.6) is 0 Å². The molecular weight excluding hydrogens is 316 g/mol. The molecular formula is C16H21ClN4O2. The molecule has 124 valence electrons. The van der Waals surface area contributed by atoms with Gasteiger partial charge in [0.1, 0.15) is 11.2 Å². The summed E-state index contributed by atoms with van der Waals surface area (Å²) < 4.78 is 1.42. The molecule has 2 aromatic heterocycles. The van der Waals surface area contributed by atoms with Crippen molar-refractivity contribution in [1.82, 2.24) is 14.3 Å². The Balaban J connectivity index is 0.00000192. The summed E-state index contributed by atoms with van der Waals surface area (Å²) in [7, 11) is 0. The topological polar surface area (TPSA) is 80.7 Å². The van der Waals surface area contributed by atoms with Crippen LogP contribution in [0.2, 0.25) is 0 Å². The largest absolute Gasteiger partial charge is 0.335 e. The van der Waals surface area contributed by atoms with Gasteiger partial charge in [0.15, 0.2) is 0 Å². The fourth-order valence-corrected chi connectivity index (χ4v) is 3.07. The number of halogens is 1. The van der Waals surface area contributed by atoms with Crippen molar-refractivity contribution in [2.45, 2.75) is 26.3 Å². The van der Waals surface area contributed by atoms with E-state index in [0.29, 0.717) is 24.7 Å². The fourth-order valence-electron chi connectivity index (χ4n) is 3.07. The van der Waals surface area contributed by atoms with Crippen LogP contribution in [0.15, 0.2) is 29.3 Å². The molecule has 2 N–H and O–H groups in total. The van der Waals surface area contributed by atoms with Gasteiger partial charge in [0, 0.05) is 25.0 Å². The Labute approximate surface area is 140 Å². The van der Waals surface area contributed by atoms with Gasteiger partial charge in [0.05, 0.1) is 0 Å². The maximum Gasteiger partial charge on any atom is 0.270 e. The van der Waals surface area contributed by atoms with Gasteiger partial charge in [-0.25, -0.2) is 4.98 Å². The highest BCUT2D eigenvalue weighted by molar-refractivity contribution is 5.94. The van der Waals surface area contributed by atoms with Gasteiger partial charge in [0.2, 0.25) is 0 Å². The molecule has 0 bridgehead atoms. The Morgan fingerprint density at radius 1 is 1.48 bits per heavy atom. The SMILES string of the molecule is Cc1ccn2c(=O)c(C(=O)N3CC(CN)CC3C)cnc2c1.Cl. The zero-order valence-corrected chi connectivity index (χ0v) is 14.0. The molecule has 0 spiro atoms. The van der Waals surface area contributed by atoms with Gasteiger partial charge in [-0.3, -0.25) is 14.0 Å². The van der Waals surface area contributed by atoms with E-state index in [0.717, 1.165) is 12.0 Å². The second-order valence-electron chi connectivity index (χ2n) is 6.05. The van der Waals surface area contributed by atoms with E-state index in [9.17, 15) is 9.59 Å². The molecule has 1 aliphatic rings. The van der Waals surface area contributed by atoms with E-state index in [-0.39, 0.29) is 35.5 Å². The van der Waals surface area contributed by atoms with Gasteiger partial charge in [0.25, 0.3) is 11.5 Å². The third kappa shape index (κ3) is 3.09. The number of aromatic nitrogens is 2. The summed E-state index contributed by atoms with van der Waals surface area (Å²) in [5, 5.41) is 0. The van der Waals surface area contributed by atoms with Crippen LogP contribution in [0, 0.1) is 12.8 Å². The quantitative estimate of drug-likeness (QED) is 0.894. The number of aryl methyl sites for hydroxylation is 1. The first-order valence-electron chi connectivity index (χ1n) is 7.50. The second-order valence-corrected chi connectivity index (χ2v) is 6.05. The first kappa shape index (κ1) is 17.4. The maximum atomic E-state index is 12.7. The van der Waals surface area contributed by atoms with E-state index >= 15 is 0 Å². The molecule has 1 fully saturated rings. The molecule has 2 atom stereocenters. The monoisotopic (exact) mass is 336 g/mol. The van der Waals surface area contributed by atoms with Crippen LogP contribution >= 0.6 is 12.4 Å². The number of pyridine rings is 1. The van der Waals surface area contributed by atoms with E-state index in [4.69, 9.17) is 5.73 Å². The minimum atomic E-state index is -0.321. The lowest BCUT2D eigenvalue weighted by molar-refractivity contribution is 0.0741. The maximum absolute atomic E-state index is 12.7. The fraction of sp³-hybridized carbons (Fsp3) is 0.438. The van der Waals surface area contributed by atoms with Crippen molar-refractivity contribution >= 4 is 24.0 Å². The molecule has 1 aliphatic heterocycles. The summed E-state index contributed by atoms with van der Waals surface area (Å²) in [5.74, 6) is 0.0497. The lowest BCUT2D eigenvalue weighted by atomic mass is 10.1. The molecule has 0 aliphatic carbocycles. The minimum absolute atomic E-state index is 0. The number of fused-ring (bicyclic) bond motifs is 1. The minimum Gasteiger partial charge on any atom is -0.335 e. The molecule has 1 saturated heterocycles.